The maximum Gasteiger partial charge on any atom is 0.311 e. The third kappa shape index (κ3) is 3.64. The van der Waals surface area contributed by atoms with Gasteiger partial charge in [0, 0.05) is 19.3 Å². The number of rotatable bonds is 7. The lowest BCUT2D eigenvalue weighted by Crippen LogP contribution is -2.12. The fourth-order valence-corrected chi connectivity index (χ4v) is 1.98. The minimum Gasteiger partial charge on any atom is -0.379 e. The van der Waals surface area contributed by atoms with E-state index in [2.05, 4.69) is 26.2 Å². The quantitative estimate of drug-likeness (QED) is 0.475. The second-order valence-corrected chi connectivity index (χ2v) is 5.07. The second kappa shape index (κ2) is 6.10. The van der Waals surface area contributed by atoms with Crippen LogP contribution in [0.2, 0.25) is 0 Å². The number of nitro groups is 1. The first-order valence-corrected chi connectivity index (χ1v) is 6.57. The van der Waals surface area contributed by atoms with Crippen molar-refractivity contribution >= 4 is 27.3 Å². The van der Waals surface area contributed by atoms with Gasteiger partial charge < -0.3 is 10.1 Å². The van der Waals surface area contributed by atoms with Gasteiger partial charge in [0.15, 0.2) is 0 Å². The molecule has 1 aromatic rings. The Morgan fingerprint density at radius 2 is 2.33 bits per heavy atom. The molecule has 0 spiro atoms. The van der Waals surface area contributed by atoms with Crippen LogP contribution in [0.25, 0.3) is 0 Å². The number of hydrogen-bond donors (Lipinski definition) is 1. The number of anilines is 1. The number of pyridine rings is 1. The topological polar surface area (TPSA) is 77.3 Å². The number of ether oxygens (including phenoxy) is 1. The van der Waals surface area contributed by atoms with Gasteiger partial charge in [-0.2, -0.15) is 0 Å². The highest BCUT2D eigenvalue weighted by atomic mass is 79.9. The zero-order valence-electron chi connectivity index (χ0n) is 9.76. The molecule has 1 aromatic heterocycles. The SMILES string of the molecule is O=[N+]([O-])c1cncc(Br)c1NCCOCC1CC1. The normalized spacial score (nSPS) is 14.5. The molecule has 0 atom stereocenters. The second-order valence-electron chi connectivity index (χ2n) is 4.22. The summed E-state index contributed by atoms with van der Waals surface area (Å²) in [4.78, 5) is 14.2. The molecule has 0 radical (unpaired) electrons. The maximum atomic E-state index is 10.8. The molecule has 1 aliphatic rings. The Labute approximate surface area is 113 Å². The Morgan fingerprint density at radius 3 is 3.00 bits per heavy atom. The molecule has 1 fully saturated rings. The lowest BCUT2D eigenvalue weighted by atomic mass is 10.3. The lowest BCUT2D eigenvalue weighted by molar-refractivity contribution is -0.384. The van der Waals surface area contributed by atoms with E-state index < -0.39 is 4.92 Å². The van der Waals surface area contributed by atoms with Crippen molar-refractivity contribution in [3.63, 3.8) is 0 Å². The number of nitrogens with zero attached hydrogens (tertiary/aromatic N) is 2. The summed E-state index contributed by atoms with van der Waals surface area (Å²) in [6.45, 7) is 1.87. The van der Waals surface area contributed by atoms with Gasteiger partial charge in [-0.1, -0.05) is 0 Å². The molecule has 0 bridgehead atoms. The molecule has 0 aromatic carbocycles. The molecular weight excluding hydrogens is 302 g/mol. The minimum absolute atomic E-state index is 0.0356. The Balaban J connectivity index is 1.84. The predicted molar refractivity (Wildman–Crippen MR) is 70.6 cm³/mol. The highest BCUT2D eigenvalue weighted by Crippen LogP contribution is 2.31. The van der Waals surface area contributed by atoms with Gasteiger partial charge >= 0.3 is 5.69 Å². The average molecular weight is 316 g/mol. The number of nitrogens with one attached hydrogen (secondary N) is 1. The van der Waals surface area contributed by atoms with Crippen LogP contribution in [0, 0.1) is 16.0 Å². The fraction of sp³-hybridized carbons (Fsp3) is 0.545. The zero-order chi connectivity index (χ0) is 13.0. The molecule has 0 amide bonds. The van der Waals surface area contributed by atoms with E-state index >= 15 is 0 Å². The van der Waals surface area contributed by atoms with Crippen molar-refractivity contribution in [2.24, 2.45) is 5.92 Å². The average Bonchev–Trinajstić information content (AvgIpc) is 3.14. The van der Waals surface area contributed by atoms with Crippen LogP contribution in [-0.2, 0) is 4.74 Å². The maximum absolute atomic E-state index is 10.8. The minimum atomic E-state index is -0.453. The summed E-state index contributed by atoms with van der Waals surface area (Å²) in [7, 11) is 0. The van der Waals surface area contributed by atoms with E-state index in [0.29, 0.717) is 23.3 Å². The van der Waals surface area contributed by atoms with Crippen molar-refractivity contribution in [2.45, 2.75) is 12.8 Å². The third-order valence-electron chi connectivity index (χ3n) is 2.68. The van der Waals surface area contributed by atoms with Gasteiger partial charge in [0.05, 0.1) is 16.0 Å². The smallest absolute Gasteiger partial charge is 0.311 e. The first-order chi connectivity index (χ1) is 8.68. The van der Waals surface area contributed by atoms with Crippen molar-refractivity contribution in [1.29, 1.82) is 0 Å². The monoisotopic (exact) mass is 315 g/mol. The van der Waals surface area contributed by atoms with Gasteiger partial charge in [-0.3, -0.25) is 15.1 Å². The third-order valence-corrected chi connectivity index (χ3v) is 3.28. The fourth-order valence-electron chi connectivity index (χ4n) is 1.52. The summed E-state index contributed by atoms with van der Waals surface area (Å²) in [5.74, 6) is 0.729. The number of hydrogen-bond acceptors (Lipinski definition) is 5. The van der Waals surface area contributed by atoms with Gasteiger partial charge in [-0.15, -0.1) is 0 Å². The molecule has 7 heteroatoms. The molecule has 1 aliphatic carbocycles. The number of aromatic nitrogens is 1. The van der Waals surface area contributed by atoms with Crippen LogP contribution in [0.4, 0.5) is 11.4 Å². The Morgan fingerprint density at radius 1 is 1.56 bits per heavy atom. The van der Waals surface area contributed by atoms with Crippen molar-refractivity contribution in [3.05, 3.63) is 27.0 Å². The van der Waals surface area contributed by atoms with Gasteiger partial charge in [-0.05, 0) is 34.7 Å². The van der Waals surface area contributed by atoms with Crippen molar-refractivity contribution in [2.75, 3.05) is 25.1 Å². The standard InChI is InChI=1S/C11H14BrN3O3/c12-9-5-13-6-10(15(16)17)11(9)14-3-4-18-7-8-1-2-8/h5-6,8H,1-4,7H2,(H,13,14). The van der Waals surface area contributed by atoms with Crippen molar-refractivity contribution < 1.29 is 9.66 Å². The largest absolute Gasteiger partial charge is 0.379 e. The predicted octanol–water partition coefficient (Wildman–Crippen LogP) is 2.59. The van der Waals surface area contributed by atoms with Crippen LogP contribution in [0.1, 0.15) is 12.8 Å². The Kier molecular flexibility index (Phi) is 4.48. The number of halogens is 1. The van der Waals surface area contributed by atoms with E-state index in [1.165, 1.54) is 25.2 Å². The summed E-state index contributed by atoms with van der Waals surface area (Å²) in [5, 5.41) is 13.8. The first kappa shape index (κ1) is 13.2. The van der Waals surface area contributed by atoms with E-state index in [9.17, 15) is 10.1 Å². The highest BCUT2D eigenvalue weighted by molar-refractivity contribution is 9.10. The first-order valence-electron chi connectivity index (χ1n) is 5.78. The molecule has 0 unspecified atom stereocenters. The van der Waals surface area contributed by atoms with E-state index in [-0.39, 0.29) is 5.69 Å². The van der Waals surface area contributed by atoms with Crippen molar-refractivity contribution in [3.8, 4) is 0 Å². The molecule has 0 aliphatic heterocycles. The summed E-state index contributed by atoms with van der Waals surface area (Å²) >= 11 is 3.25. The summed E-state index contributed by atoms with van der Waals surface area (Å²) in [6.07, 6.45) is 5.28. The van der Waals surface area contributed by atoms with Crippen LogP contribution >= 0.6 is 15.9 Å². The summed E-state index contributed by atoms with van der Waals surface area (Å²) in [5.41, 5.74) is 0.414. The molecule has 18 heavy (non-hydrogen) atoms. The van der Waals surface area contributed by atoms with E-state index in [0.717, 1.165) is 12.5 Å². The Bertz CT molecular complexity index is 438. The Hall–Kier alpha value is -1.21. The summed E-state index contributed by atoms with van der Waals surface area (Å²) < 4.78 is 6.04. The van der Waals surface area contributed by atoms with E-state index in [1.807, 2.05) is 0 Å². The molecule has 1 heterocycles. The molecule has 1 saturated carbocycles. The van der Waals surface area contributed by atoms with Crippen LogP contribution < -0.4 is 5.32 Å². The van der Waals surface area contributed by atoms with E-state index in [4.69, 9.17) is 4.74 Å². The van der Waals surface area contributed by atoms with E-state index in [1.54, 1.807) is 0 Å². The van der Waals surface area contributed by atoms with Crippen LogP contribution in [0.3, 0.4) is 0 Å². The summed E-state index contributed by atoms with van der Waals surface area (Å²) in [6, 6.07) is 0. The van der Waals surface area contributed by atoms with Gasteiger partial charge in [0.25, 0.3) is 0 Å². The molecule has 0 saturated heterocycles. The van der Waals surface area contributed by atoms with Crippen molar-refractivity contribution in [1.82, 2.24) is 4.98 Å². The van der Waals surface area contributed by atoms with Gasteiger partial charge in [-0.25, -0.2) is 0 Å². The molecule has 2 rings (SSSR count). The highest BCUT2D eigenvalue weighted by Gasteiger charge is 2.21. The molecule has 98 valence electrons. The molecule has 1 N–H and O–H groups in total. The molecule has 6 nitrogen and oxygen atoms in total. The molecular formula is C11H14BrN3O3. The van der Waals surface area contributed by atoms with Crippen LogP contribution in [-0.4, -0.2) is 29.7 Å². The van der Waals surface area contributed by atoms with Crippen LogP contribution in [0.5, 0.6) is 0 Å². The zero-order valence-corrected chi connectivity index (χ0v) is 11.4. The van der Waals surface area contributed by atoms with Crippen LogP contribution in [0.15, 0.2) is 16.9 Å². The lowest BCUT2D eigenvalue weighted by Gasteiger charge is -2.08. The van der Waals surface area contributed by atoms with Gasteiger partial charge in [0.1, 0.15) is 11.9 Å². The van der Waals surface area contributed by atoms with Gasteiger partial charge in [0.2, 0.25) is 0 Å².